The summed E-state index contributed by atoms with van der Waals surface area (Å²) in [4.78, 5) is 0. The van der Waals surface area contributed by atoms with E-state index < -0.39 is 0 Å². The fourth-order valence-electron chi connectivity index (χ4n) is 2.41. The highest BCUT2D eigenvalue weighted by atomic mass is 79.9. The molecule has 0 aliphatic heterocycles. The highest BCUT2D eigenvalue weighted by molar-refractivity contribution is 9.10. The van der Waals surface area contributed by atoms with Crippen molar-refractivity contribution in [2.45, 2.75) is 45.6 Å². The van der Waals surface area contributed by atoms with Crippen LogP contribution in [0.4, 0.5) is 0 Å². The summed E-state index contributed by atoms with van der Waals surface area (Å²) in [6.07, 6.45) is 3.93. The van der Waals surface area contributed by atoms with E-state index in [1.165, 1.54) is 5.56 Å². The molecular weight excluding hydrogens is 328 g/mol. The smallest absolute Gasteiger partial charge is 0.124 e. The van der Waals surface area contributed by atoms with Crippen LogP contribution in [0.15, 0.2) is 22.7 Å². The molecule has 1 aromatic carbocycles. The van der Waals surface area contributed by atoms with Crippen LogP contribution in [0.2, 0.25) is 0 Å². The molecule has 0 bridgehead atoms. The van der Waals surface area contributed by atoms with Crippen molar-refractivity contribution in [3.8, 4) is 11.8 Å². The first kappa shape index (κ1) is 16.3. The number of hydrogen-bond acceptors (Lipinski definition) is 3. The Hall–Kier alpha value is -1.05. The van der Waals surface area contributed by atoms with Crippen molar-refractivity contribution in [1.29, 1.82) is 5.26 Å². The van der Waals surface area contributed by atoms with Gasteiger partial charge in [-0.15, -0.1) is 0 Å². The van der Waals surface area contributed by atoms with Crippen LogP contribution in [0, 0.1) is 16.7 Å². The third-order valence-electron chi connectivity index (χ3n) is 4.08. The van der Waals surface area contributed by atoms with Gasteiger partial charge < -0.3 is 10.1 Å². The zero-order chi connectivity index (χ0) is 15.3. The standard InChI is InChI=1S/C17H23BrN2O/c1-3-10-20-13(2)15-11-14(18)4-5-16(15)21-12-17(6-7-17)8-9-19/h4-5,11,13,20H,3,6-8,10,12H2,1-2H3. The first-order valence-electron chi connectivity index (χ1n) is 7.63. The second-order valence-corrected chi connectivity index (χ2v) is 6.90. The molecule has 0 heterocycles. The number of benzene rings is 1. The van der Waals surface area contributed by atoms with Crippen LogP contribution in [-0.2, 0) is 0 Å². The maximum Gasteiger partial charge on any atom is 0.124 e. The highest BCUT2D eigenvalue weighted by Crippen LogP contribution is 2.49. The fourth-order valence-corrected chi connectivity index (χ4v) is 2.79. The number of hydrogen-bond donors (Lipinski definition) is 1. The lowest BCUT2D eigenvalue weighted by Crippen LogP contribution is -2.21. The molecule has 114 valence electrons. The van der Waals surface area contributed by atoms with E-state index in [2.05, 4.69) is 47.2 Å². The second kappa shape index (κ2) is 7.29. The predicted octanol–water partition coefficient (Wildman–Crippen LogP) is 4.58. The van der Waals surface area contributed by atoms with Gasteiger partial charge in [-0.2, -0.15) is 5.26 Å². The lowest BCUT2D eigenvalue weighted by Gasteiger charge is -2.20. The Bertz CT molecular complexity index is 520. The van der Waals surface area contributed by atoms with Gasteiger partial charge in [-0.3, -0.25) is 0 Å². The average Bonchev–Trinajstić information content (AvgIpc) is 3.24. The molecule has 3 nitrogen and oxygen atoms in total. The van der Waals surface area contributed by atoms with Gasteiger partial charge in [-0.25, -0.2) is 0 Å². The molecule has 0 radical (unpaired) electrons. The number of halogens is 1. The highest BCUT2D eigenvalue weighted by Gasteiger charge is 2.43. The lowest BCUT2D eigenvalue weighted by atomic mass is 10.0. The van der Waals surface area contributed by atoms with Gasteiger partial charge in [0, 0.05) is 27.9 Å². The van der Waals surface area contributed by atoms with E-state index in [0.717, 1.165) is 36.0 Å². The van der Waals surface area contributed by atoms with Gasteiger partial charge in [0.2, 0.25) is 0 Å². The Labute approximate surface area is 135 Å². The molecule has 1 N–H and O–H groups in total. The van der Waals surface area contributed by atoms with E-state index in [-0.39, 0.29) is 11.5 Å². The summed E-state index contributed by atoms with van der Waals surface area (Å²) >= 11 is 3.53. The number of nitrogens with zero attached hydrogens (tertiary/aromatic N) is 1. The summed E-state index contributed by atoms with van der Waals surface area (Å²) in [7, 11) is 0. The van der Waals surface area contributed by atoms with E-state index in [1.54, 1.807) is 0 Å². The fraction of sp³-hybridized carbons (Fsp3) is 0.588. The number of nitriles is 1. The molecule has 1 aromatic rings. The molecule has 0 aromatic heterocycles. The van der Waals surface area contributed by atoms with E-state index in [9.17, 15) is 0 Å². The molecule has 1 saturated carbocycles. The van der Waals surface area contributed by atoms with Crippen LogP contribution >= 0.6 is 15.9 Å². The second-order valence-electron chi connectivity index (χ2n) is 5.98. The van der Waals surface area contributed by atoms with Crippen molar-refractivity contribution < 1.29 is 4.74 Å². The van der Waals surface area contributed by atoms with Crippen molar-refractivity contribution >= 4 is 15.9 Å². The Morgan fingerprint density at radius 3 is 2.86 bits per heavy atom. The van der Waals surface area contributed by atoms with E-state index >= 15 is 0 Å². The van der Waals surface area contributed by atoms with Crippen LogP contribution < -0.4 is 10.1 Å². The molecule has 0 amide bonds. The van der Waals surface area contributed by atoms with E-state index in [4.69, 9.17) is 10.00 Å². The summed E-state index contributed by atoms with van der Waals surface area (Å²) in [6.45, 7) is 5.96. The molecule has 1 aliphatic rings. The minimum absolute atomic E-state index is 0.110. The zero-order valence-electron chi connectivity index (χ0n) is 12.8. The van der Waals surface area contributed by atoms with Crippen LogP contribution in [-0.4, -0.2) is 13.2 Å². The molecule has 2 rings (SSSR count). The van der Waals surface area contributed by atoms with Crippen LogP contribution in [0.5, 0.6) is 5.75 Å². The zero-order valence-corrected chi connectivity index (χ0v) is 14.4. The number of ether oxygens (including phenoxy) is 1. The Kier molecular flexibility index (Phi) is 5.66. The summed E-state index contributed by atoms with van der Waals surface area (Å²) in [5.41, 5.74) is 1.28. The van der Waals surface area contributed by atoms with E-state index in [0.29, 0.717) is 13.0 Å². The van der Waals surface area contributed by atoms with Gasteiger partial charge in [0.25, 0.3) is 0 Å². The minimum atomic E-state index is 0.110. The largest absolute Gasteiger partial charge is 0.493 e. The summed E-state index contributed by atoms with van der Waals surface area (Å²) < 4.78 is 7.12. The Morgan fingerprint density at radius 1 is 1.48 bits per heavy atom. The average molecular weight is 351 g/mol. The van der Waals surface area contributed by atoms with Gasteiger partial charge in [0.1, 0.15) is 5.75 Å². The number of nitrogens with one attached hydrogen (secondary N) is 1. The van der Waals surface area contributed by atoms with Crippen molar-refractivity contribution in [3.63, 3.8) is 0 Å². The molecule has 0 spiro atoms. The lowest BCUT2D eigenvalue weighted by molar-refractivity contribution is 0.233. The van der Waals surface area contributed by atoms with Gasteiger partial charge in [-0.1, -0.05) is 22.9 Å². The Morgan fingerprint density at radius 2 is 2.24 bits per heavy atom. The topological polar surface area (TPSA) is 45.0 Å². The van der Waals surface area contributed by atoms with Crippen molar-refractivity contribution in [2.24, 2.45) is 5.41 Å². The maximum atomic E-state index is 8.89. The van der Waals surface area contributed by atoms with Gasteiger partial charge in [-0.05, 0) is 50.9 Å². The predicted molar refractivity (Wildman–Crippen MR) is 88.2 cm³/mol. The SMILES string of the molecule is CCCNC(C)c1cc(Br)ccc1OCC1(CC#N)CC1. The van der Waals surface area contributed by atoms with Gasteiger partial charge in [0.15, 0.2) is 0 Å². The Balaban J connectivity index is 2.06. The molecular formula is C17H23BrN2O. The van der Waals surface area contributed by atoms with Crippen molar-refractivity contribution in [1.82, 2.24) is 5.32 Å². The van der Waals surface area contributed by atoms with Crippen molar-refractivity contribution in [2.75, 3.05) is 13.2 Å². The third-order valence-corrected chi connectivity index (χ3v) is 4.58. The third kappa shape index (κ3) is 4.46. The molecule has 1 atom stereocenters. The molecule has 4 heteroatoms. The van der Waals surface area contributed by atoms with Crippen LogP contribution in [0.3, 0.4) is 0 Å². The van der Waals surface area contributed by atoms with Crippen LogP contribution in [0.1, 0.15) is 51.1 Å². The molecule has 1 fully saturated rings. The molecule has 0 saturated heterocycles. The molecule has 21 heavy (non-hydrogen) atoms. The number of rotatable bonds is 8. The van der Waals surface area contributed by atoms with Gasteiger partial charge in [0.05, 0.1) is 12.7 Å². The first-order chi connectivity index (χ1) is 10.1. The first-order valence-corrected chi connectivity index (χ1v) is 8.42. The summed E-state index contributed by atoms with van der Waals surface area (Å²) in [5.74, 6) is 0.929. The molecule has 1 aliphatic carbocycles. The molecule has 1 unspecified atom stereocenters. The minimum Gasteiger partial charge on any atom is -0.493 e. The summed E-state index contributed by atoms with van der Waals surface area (Å²) in [6, 6.07) is 8.68. The van der Waals surface area contributed by atoms with E-state index in [1.807, 2.05) is 12.1 Å². The van der Waals surface area contributed by atoms with Crippen molar-refractivity contribution in [3.05, 3.63) is 28.2 Å². The normalized spacial score (nSPS) is 17.0. The summed E-state index contributed by atoms with van der Waals surface area (Å²) in [5, 5.41) is 12.4. The maximum absolute atomic E-state index is 8.89. The van der Waals surface area contributed by atoms with Gasteiger partial charge >= 0.3 is 0 Å². The quantitative estimate of drug-likeness (QED) is 0.745. The van der Waals surface area contributed by atoms with Crippen LogP contribution in [0.25, 0.3) is 0 Å². The monoisotopic (exact) mass is 350 g/mol.